The van der Waals surface area contributed by atoms with Crippen molar-refractivity contribution >= 4 is 21.6 Å². The molecule has 0 aromatic carbocycles. The molecule has 0 spiro atoms. The molecule has 0 heterocycles. The zero-order chi connectivity index (χ0) is 12.7. The van der Waals surface area contributed by atoms with E-state index >= 15 is 0 Å². The highest BCUT2D eigenvalue weighted by molar-refractivity contribution is 7.89. The van der Waals surface area contributed by atoms with Crippen LogP contribution in [0.25, 0.3) is 0 Å². The van der Waals surface area contributed by atoms with Crippen LogP contribution in [0.3, 0.4) is 0 Å². The van der Waals surface area contributed by atoms with Gasteiger partial charge in [0, 0.05) is 12.4 Å². The van der Waals surface area contributed by atoms with Crippen molar-refractivity contribution in [3.05, 3.63) is 0 Å². The second-order valence-corrected chi connectivity index (χ2v) is 6.98. The van der Waals surface area contributed by atoms with Gasteiger partial charge in [-0.15, -0.1) is 11.6 Å². The normalized spacial score (nSPS) is 26.0. The number of unbranched alkanes of at least 4 members (excludes halogenated alkanes) is 1. The maximum absolute atomic E-state index is 11.6. The van der Waals surface area contributed by atoms with Gasteiger partial charge in [-0.05, 0) is 31.6 Å². The molecule has 0 aromatic heterocycles. The van der Waals surface area contributed by atoms with E-state index in [4.69, 9.17) is 11.6 Å². The Morgan fingerprint density at radius 1 is 1.24 bits per heavy atom. The Morgan fingerprint density at radius 2 is 1.94 bits per heavy atom. The van der Waals surface area contributed by atoms with Gasteiger partial charge in [0.05, 0.1) is 11.9 Å². The third-order valence-corrected chi connectivity index (χ3v) is 4.93. The summed E-state index contributed by atoms with van der Waals surface area (Å²) in [7, 11) is -3.20. The molecule has 2 N–H and O–H groups in total. The predicted octanol–water partition coefficient (Wildman–Crippen LogP) is 1.48. The zero-order valence-corrected chi connectivity index (χ0v) is 11.6. The number of hydrogen-bond acceptors (Lipinski definition) is 3. The largest absolute Gasteiger partial charge is 0.393 e. The first-order valence-electron chi connectivity index (χ1n) is 6.26. The second kappa shape index (κ2) is 7.56. The molecular formula is C11H22ClNO3S. The van der Waals surface area contributed by atoms with Crippen molar-refractivity contribution in [3.63, 3.8) is 0 Å². The van der Waals surface area contributed by atoms with Gasteiger partial charge in [0.25, 0.3) is 0 Å². The molecule has 6 heteroatoms. The quantitative estimate of drug-likeness (QED) is 0.549. The Morgan fingerprint density at radius 3 is 2.59 bits per heavy atom. The minimum Gasteiger partial charge on any atom is -0.393 e. The molecule has 0 aliphatic heterocycles. The standard InChI is InChI=1S/C11H22ClNO3S/c12-7-3-4-8-17(15,16)13-9-10-5-1-2-6-11(10)14/h10-11,13-14H,1-9H2. The van der Waals surface area contributed by atoms with Gasteiger partial charge in [-0.25, -0.2) is 13.1 Å². The van der Waals surface area contributed by atoms with E-state index in [1.165, 1.54) is 0 Å². The van der Waals surface area contributed by atoms with Crippen molar-refractivity contribution in [1.82, 2.24) is 4.72 Å². The van der Waals surface area contributed by atoms with Gasteiger partial charge in [0.2, 0.25) is 10.0 Å². The van der Waals surface area contributed by atoms with E-state index in [2.05, 4.69) is 4.72 Å². The summed E-state index contributed by atoms with van der Waals surface area (Å²) in [4.78, 5) is 0. The van der Waals surface area contributed by atoms with E-state index in [0.29, 0.717) is 25.3 Å². The fourth-order valence-electron chi connectivity index (χ4n) is 2.12. The van der Waals surface area contributed by atoms with Gasteiger partial charge in [-0.1, -0.05) is 12.8 Å². The molecule has 1 aliphatic rings. The van der Waals surface area contributed by atoms with Crippen LogP contribution >= 0.6 is 11.6 Å². The molecule has 0 radical (unpaired) electrons. The first-order chi connectivity index (χ1) is 8.05. The zero-order valence-electron chi connectivity index (χ0n) is 10.1. The molecule has 0 aromatic rings. The number of rotatable bonds is 7. The Balaban J connectivity index is 2.28. The molecule has 0 saturated heterocycles. The summed E-state index contributed by atoms with van der Waals surface area (Å²) in [5.74, 6) is 0.700. The summed E-state index contributed by atoms with van der Waals surface area (Å²) in [6.07, 6.45) is 4.77. The van der Waals surface area contributed by atoms with Gasteiger partial charge in [0.1, 0.15) is 0 Å². The van der Waals surface area contributed by atoms with Crippen LogP contribution in [0.1, 0.15) is 38.5 Å². The van der Waals surface area contributed by atoms with Crippen LogP contribution in [0.4, 0.5) is 0 Å². The summed E-state index contributed by atoms with van der Waals surface area (Å²) in [5.41, 5.74) is 0. The van der Waals surface area contributed by atoms with Crippen LogP contribution < -0.4 is 4.72 Å². The lowest BCUT2D eigenvalue weighted by atomic mass is 9.87. The van der Waals surface area contributed by atoms with Crippen molar-refractivity contribution in [3.8, 4) is 0 Å². The van der Waals surface area contributed by atoms with Crippen LogP contribution in [-0.4, -0.2) is 37.8 Å². The smallest absolute Gasteiger partial charge is 0.211 e. The molecule has 0 amide bonds. The van der Waals surface area contributed by atoms with E-state index in [0.717, 1.165) is 25.7 Å². The molecule has 102 valence electrons. The minimum atomic E-state index is -3.20. The van der Waals surface area contributed by atoms with Crippen molar-refractivity contribution in [2.75, 3.05) is 18.2 Å². The maximum atomic E-state index is 11.6. The minimum absolute atomic E-state index is 0.0755. The van der Waals surface area contributed by atoms with Crippen molar-refractivity contribution in [1.29, 1.82) is 0 Å². The van der Waals surface area contributed by atoms with Crippen molar-refractivity contribution in [2.24, 2.45) is 5.92 Å². The van der Waals surface area contributed by atoms with E-state index in [1.54, 1.807) is 0 Å². The fraction of sp³-hybridized carbons (Fsp3) is 1.00. The molecule has 1 saturated carbocycles. The molecule has 4 nitrogen and oxygen atoms in total. The lowest BCUT2D eigenvalue weighted by molar-refractivity contribution is 0.0724. The monoisotopic (exact) mass is 283 g/mol. The summed E-state index contributed by atoms with van der Waals surface area (Å²) >= 11 is 5.50. The van der Waals surface area contributed by atoms with Gasteiger partial charge >= 0.3 is 0 Å². The topological polar surface area (TPSA) is 66.4 Å². The van der Waals surface area contributed by atoms with Gasteiger partial charge < -0.3 is 5.11 Å². The molecule has 0 bridgehead atoms. The molecule has 2 unspecified atom stereocenters. The number of alkyl halides is 1. The van der Waals surface area contributed by atoms with Crippen LogP contribution in [0.2, 0.25) is 0 Å². The highest BCUT2D eigenvalue weighted by Gasteiger charge is 2.24. The molecule has 2 atom stereocenters. The first-order valence-corrected chi connectivity index (χ1v) is 8.45. The van der Waals surface area contributed by atoms with E-state index in [-0.39, 0.29) is 17.8 Å². The molecule has 1 fully saturated rings. The third kappa shape index (κ3) is 6.04. The van der Waals surface area contributed by atoms with E-state index in [9.17, 15) is 13.5 Å². The third-order valence-electron chi connectivity index (χ3n) is 3.23. The SMILES string of the molecule is O=S(=O)(CCCCCl)NCC1CCCCC1O. The number of aliphatic hydroxyl groups excluding tert-OH is 1. The summed E-state index contributed by atoms with van der Waals surface area (Å²) in [6, 6.07) is 0. The Kier molecular flexibility index (Phi) is 6.77. The Labute approximate surface area is 109 Å². The number of aliphatic hydroxyl groups is 1. The average Bonchev–Trinajstić information content (AvgIpc) is 2.28. The number of sulfonamides is 1. The number of nitrogens with one attached hydrogen (secondary N) is 1. The molecule has 17 heavy (non-hydrogen) atoms. The van der Waals surface area contributed by atoms with E-state index < -0.39 is 10.0 Å². The Bertz CT molecular complexity index is 308. The molecular weight excluding hydrogens is 262 g/mol. The molecule has 1 rings (SSSR count). The fourth-order valence-corrected chi connectivity index (χ4v) is 3.50. The van der Waals surface area contributed by atoms with Crippen LogP contribution in [0.15, 0.2) is 0 Å². The van der Waals surface area contributed by atoms with Gasteiger partial charge in [-0.2, -0.15) is 0 Å². The van der Waals surface area contributed by atoms with Crippen molar-refractivity contribution < 1.29 is 13.5 Å². The highest BCUT2D eigenvalue weighted by atomic mass is 35.5. The lowest BCUT2D eigenvalue weighted by Crippen LogP contribution is -2.37. The maximum Gasteiger partial charge on any atom is 0.211 e. The van der Waals surface area contributed by atoms with Gasteiger partial charge in [-0.3, -0.25) is 0 Å². The van der Waals surface area contributed by atoms with Crippen molar-refractivity contribution in [2.45, 2.75) is 44.6 Å². The van der Waals surface area contributed by atoms with Crippen LogP contribution in [0, 0.1) is 5.92 Å². The first kappa shape index (κ1) is 15.2. The summed E-state index contributed by atoms with van der Waals surface area (Å²) < 4.78 is 25.8. The summed E-state index contributed by atoms with van der Waals surface area (Å²) in [5, 5.41) is 9.73. The molecule has 1 aliphatic carbocycles. The Hall–Kier alpha value is 0.160. The average molecular weight is 284 g/mol. The van der Waals surface area contributed by atoms with E-state index in [1.807, 2.05) is 0 Å². The second-order valence-electron chi connectivity index (χ2n) is 4.68. The van der Waals surface area contributed by atoms with Crippen LogP contribution in [0.5, 0.6) is 0 Å². The predicted molar refractivity (Wildman–Crippen MR) is 69.7 cm³/mol. The number of halogens is 1. The van der Waals surface area contributed by atoms with Crippen LogP contribution in [-0.2, 0) is 10.0 Å². The summed E-state index contributed by atoms with van der Waals surface area (Å²) in [6.45, 7) is 0.365. The number of hydrogen-bond donors (Lipinski definition) is 2. The lowest BCUT2D eigenvalue weighted by Gasteiger charge is -2.27. The highest BCUT2D eigenvalue weighted by Crippen LogP contribution is 2.23. The van der Waals surface area contributed by atoms with Gasteiger partial charge in [0.15, 0.2) is 0 Å².